The summed E-state index contributed by atoms with van der Waals surface area (Å²) in [5, 5.41) is 3.05. The number of rotatable bonds is 5. The molecule has 1 aromatic heterocycles. The first-order valence-electron chi connectivity index (χ1n) is 8.58. The van der Waals surface area contributed by atoms with Gasteiger partial charge in [0.25, 0.3) is 0 Å². The van der Waals surface area contributed by atoms with Gasteiger partial charge in [0.15, 0.2) is 9.84 Å². The van der Waals surface area contributed by atoms with Crippen molar-refractivity contribution in [1.29, 1.82) is 0 Å². The predicted molar refractivity (Wildman–Crippen MR) is 111 cm³/mol. The monoisotopic (exact) mass is 435 g/mol. The lowest BCUT2D eigenvalue weighted by Gasteiger charge is -2.11. The van der Waals surface area contributed by atoms with Crippen LogP contribution in [0, 0.1) is 0 Å². The van der Waals surface area contributed by atoms with E-state index in [0.29, 0.717) is 21.7 Å². The molecule has 0 aliphatic heterocycles. The van der Waals surface area contributed by atoms with Gasteiger partial charge in [0.2, 0.25) is 5.91 Å². The molecule has 0 radical (unpaired) electrons. The van der Waals surface area contributed by atoms with Crippen LogP contribution in [0.4, 0.5) is 5.69 Å². The molecular formula is C19H18ClN3O5S. The quantitative estimate of drug-likeness (QED) is 0.614. The smallest absolute Gasteiger partial charge is 0.316 e. The van der Waals surface area contributed by atoms with Gasteiger partial charge in [-0.3, -0.25) is 14.4 Å². The van der Waals surface area contributed by atoms with Gasteiger partial charge in [-0.2, -0.15) is 0 Å². The number of hydrogen-bond acceptors (Lipinski definition) is 5. The van der Waals surface area contributed by atoms with Crippen molar-refractivity contribution in [2.24, 2.45) is 14.1 Å². The fraction of sp³-hybridized carbons (Fsp3) is 0.211. The Morgan fingerprint density at radius 2 is 1.66 bits per heavy atom. The summed E-state index contributed by atoms with van der Waals surface area (Å²) in [7, 11) is -0.941. The lowest BCUT2D eigenvalue weighted by atomic mass is 10.3. The van der Waals surface area contributed by atoms with Crippen molar-refractivity contribution >= 4 is 44.1 Å². The van der Waals surface area contributed by atoms with Crippen molar-refractivity contribution in [3.05, 3.63) is 68.2 Å². The van der Waals surface area contributed by atoms with Crippen molar-refractivity contribution in [3.8, 4) is 0 Å². The molecule has 0 aliphatic rings. The Morgan fingerprint density at radius 3 is 2.31 bits per heavy atom. The highest BCUT2D eigenvalue weighted by Crippen LogP contribution is 2.19. The molecule has 1 N–H and O–H groups in total. The minimum absolute atomic E-state index is 0.0331. The van der Waals surface area contributed by atoms with Crippen LogP contribution in [0.5, 0.6) is 0 Å². The van der Waals surface area contributed by atoms with Crippen molar-refractivity contribution < 1.29 is 13.2 Å². The normalized spacial score (nSPS) is 11.6. The summed E-state index contributed by atoms with van der Waals surface area (Å²) in [5.41, 5.74) is -0.249. The molecule has 2 aromatic carbocycles. The first-order chi connectivity index (χ1) is 13.6. The van der Waals surface area contributed by atoms with Gasteiger partial charge in [0.05, 0.1) is 21.7 Å². The predicted octanol–water partition coefficient (Wildman–Crippen LogP) is 1.69. The first-order valence-corrected chi connectivity index (χ1v) is 10.6. The summed E-state index contributed by atoms with van der Waals surface area (Å²) < 4.78 is 27.6. The molecule has 10 heteroatoms. The zero-order chi connectivity index (χ0) is 21.3. The molecule has 0 saturated heterocycles. The number of anilines is 1. The number of fused-ring (bicyclic) bond motifs is 1. The summed E-state index contributed by atoms with van der Waals surface area (Å²) in [6.07, 6.45) is -0.251. The van der Waals surface area contributed by atoms with Crippen LogP contribution in [-0.2, 0) is 28.7 Å². The second kappa shape index (κ2) is 7.84. The average Bonchev–Trinajstić information content (AvgIpc) is 2.69. The number of hydrogen-bond donors (Lipinski definition) is 1. The molecule has 0 aliphatic carbocycles. The Bertz CT molecular complexity index is 1340. The van der Waals surface area contributed by atoms with Gasteiger partial charge in [0, 0.05) is 31.2 Å². The number of benzene rings is 2. The molecule has 0 fully saturated rings. The third-order valence-electron chi connectivity index (χ3n) is 4.53. The van der Waals surface area contributed by atoms with Gasteiger partial charge in [-0.05, 0) is 36.4 Å². The lowest BCUT2D eigenvalue weighted by molar-refractivity contribution is -0.115. The Kier molecular flexibility index (Phi) is 5.63. The van der Waals surface area contributed by atoms with Gasteiger partial charge >= 0.3 is 11.1 Å². The third kappa shape index (κ3) is 4.25. The van der Waals surface area contributed by atoms with Crippen LogP contribution < -0.4 is 16.4 Å². The zero-order valence-corrected chi connectivity index (χ0v) is 17.2. The number of aryl methyl sites for hydroxylation is 2. The number of aromatic nitrogens is 2. The van der Waals surface area contributed by atoms with E-state index < -0.39 is 32.6 Å². The van der Waals surface area contributed by atoms with Gasteiger partial charge in [-0.15, -0.1) is 0 Å². The topological polar surface area (TPSA) is 107 Å². The molecule has 0 atom stereocenters. The van der Waals surface area contributed by atoms with Crippen LogP contribution in [0.3, 0.4) is 0 Å². The summed E-state index contributed by atoms with van der Waals surface area (Å²) >= 11 is 5.86. The standard InChI is InChI=1S/C19H18ClN3O5S/c1-22-15-7-6-14(11-16(15)23(2)19(26)18(22)25)29(27,28)9-8-17(24)21-13-5-3-4-12(20)10-13/h3-7,10-11H,8-9H2,1-2H3,(H,21,24). The lowest BCUT2D eigenvalue weighted by Crippen LogP contribution is -2.39. The Morgan fingerprint density at radius 1 is 1.00 bits per heavy atom. The highest BCUT2D eigenvalue weighted by atomic mass is 35.5. The third-order valence-corrected chi connectivity index (χ3v) is 6.48. The average molecular weight is 436 g/mol. The van der Waals surface area contributed by atoms with Crippen molar-refractivity contribution in [1.82, 2.24) is 9.13 Å². The summed E-state index contributed by atoms with van der Waals surface area (Å²) in [4.78, 5) is 35.9. The van der Waals surface area contributed by atoms with Crippen LogP contribution in [0.1, 0.15) is 6.42 Å². The molecular weight excluding hydrogens is 418 g/mol. The molecule has 3 aromatic rings. The largest absolute Gasteiger partial charge is 0.326 e. The maximum atomic E-state index is 12.7. The second-order valence-electron chi connectivity index (χ2n) is 6.51. The van der Waals surface area contributed by atoms with E-state index in [2.05, 4.69) is 5.32 Å². The van der Waals surface area contributed by atoms with E-state index >= 15 is 0 Å². The van der Waals surface area contributed by atoms with E-state index in [-0.39, 0.29) is 11.3 Å². The minimum Gasteiger partial charge on any atom is -0.326 e. The van der Waals surface area contributed by atoms with Crippen LogP contribution in [-0.4, -0.2) is 29.2 Å². The molecule has 8 nitrogen and oxygen atoms in total. The van der Waals surface area contributed by atoms with E-state index in [1.807, 2.05) is 0 Å². The van der Waals surface area contributed by atoms with Gasteiger partial charge in [-0.1, -0.05) is 17.7 Å². The van der Waals surface area contributed by atoms with Gasteiger partial charge in [-0.25, -0.2) is 8.42 Å². The molecule has 0 saturated carbocycles. The number of amides is 1. The molecule has 0 bridgehead atoms. The van der Waals surface area contributed by atoms with Crippen LogP contribution in [0.15, 0.2) is 56.9 Å². The molecule has 3 rings (SSSR count). The van der Waals surface area contributed by atoms with Gasteiger partial charge in [0.1, 0.15) is 0 Å². The number of nitrogens with one attached hydrogen (secondary N) is 1. The maximum absolute atomic E-state index is 12.7. The maximum Gasteiger partial charge on any atom is 0.316 e. The van der Waals surface area contributed by atoms with E-state index in [1.54, 1.807) is 24.3 Å². The van der Waals surface area contributed by atoms with Crippen LogP contribution >= 0.6 is 11.6 Å². The van der Waals surface area contributed by atoms with Crippen LogP contribution in [0.25, 0.3) is 11.0 Å². The molecule has 0 spiro atoms. The van der Waals surface area contributed by atoms with E-state index in [4.69, 9.17) is 11.6 Å². The fourth-order valence-electron chi connectivity index (χ4n) is 2.89. The van der Waals surface area contributed by atoms with Crippen molar-refractivity contribution in [2.75, 3.05) is 11.1 Å². The summed E-state index contributed by atoms with van der Waals surface area (Å²) in [5.74, 6) is -0.878. The molecule has 1 amide bonds. The fourth-order valence-corrected chi connectivity index (χ4v) is 4.34. The van der Waals surface area contributed by atoms with Crippen molar-refractivity contribution in [3.63, 3.8) is 0 Å². The van der Waals surface area contributed by atoms with E-state index in [9.17, 15) is 22.8 Å². The van der Waals surface area contributed by atoms with E-state index in [0.717, 1.165) is 4.57 Å². The summed E-state index contributed by atoms with van der Waals surface area (Å²) in [6, 6.07) is 10.7. The highest BCUT2D eigenvalue weighted by Gasteiger charge is 2.19. The zero-order valence-electron chi connectivity index (χ0n) is 15.7. The first kappa shape index (κ1) is 20.8. The molecule has 0 unspecified atom stereocenters. The highest BCUT2D eigenvalue weighted by molar-refractivity contribution is 7.91. The Hall–Kier alpha value is -2.91. The number of sulfone groups is 1. The van der Waals surface area contributed by atoms with Gasteiger partial charge < -0.3 is 14.5 Å². The molecule has 29 heavy (non-hydrogen) atoms. The summed E-state index contributed by atoms with van der Waals surface area (Å²) in [6.45, 7) is 0. The number of carbonyl (C=O) groups excluding carboxylic acids is 1. The van der Waals surface area contributed by atoms with E-state index in [1.165, 1.54) is 36.9 Å². The second-order valence-corrected chi connectivity index (χ2v) is 9.05. The SMILES string of the molecule is Cn1c(=O)c(=O)n(C)c2cc(S(=O)(=O)CCC(=O)Nc3cccc(Cl)c3)ccc21. The Labute approximate surface area is 171 Å². The number of carbonyl (C=O) groups is 1. The molecule has 152 valence electrons. The molecule has 1 heterocycles. The minimum atomic E-state index is -3.79. The number of nitrogens with zero attached hydrogens (tertiary/aromatic N) is 2. The Balaban J connectivity index is 1.84. The number of halogens is 1. The van der Waals surface area contributed by atoms with Crippen LogP contribution in [0.2, 0.25) is 5.02 Å². The van der Waals surface area contributed by atoms with Crippen molar-refractivity contribution in [2.45, 2.75) is 11.3 Å².